The summed E-state index contributed by atoms with van der Waals surface area (Å²) in [4.78, 5) is 27.2. The van der Waals surface area contributed by atoms with Crippen LogP contribution < -0.4 is 16.4 Å². The van der Waals surface area contributed by atoms with Gasteiger partial charge >= 0.3 is 0 Å². The number of nitrogens with two attached hydrogens (primary N) is 1. The highest BCUT2D eigenvalue weighted by Gasteiger charge is 2.10. The number of rotatable bonds is 4. The van der Waals surface area contributed by atoms with Crippen LogP contribution in [-0.4, -0.2) is 16.8 Å². The third-order valence-corrected chi connectivity index (χ3v) is 2.80. The number of benzene rings is 1. The highest BCUT2D eigenvalue weighted by molar-refractivity contribution is 6.06. The molecule has 0 aliphatic rings. The van der Waals surface area contributed by atoms with Gasteiger partial charge in [-0.2, -0.15) is 0 Å². The summed E-state index contributed by atoms with van der Waals surface area (Å²) in [7, 11) is 0. The molecule has 0 aliphatic heterocycles. The maximum absolute atomic E-state index is 12.0. The molecule has 2 amide bonds. The van der Waals surface area contributed by atoms with Crippen molar-refractivity contribution >= 4 is 28.9 Å². The van der Waals surface area contributed by atoms with Crippen LogP contribution in [0.1, 0.15) is 23.8 Å². The molecule has 0 bridgehead atoms. The summed E-state index contributed by atoms with van der Waals surface area (Å²) in [5.41, 5.74) is 7.48. The van der Waals surface area contributed by atoms with Crippen molar-refractivity contribution in [3.8, 4) is 0 Å². The average molecular weight is 284 g/mol. The molecule has 0 atom stereocenters. The van der Waals surface area contributed by atoms with Gasteiger partial charge < -0.3 is 16.4 Å². The fraction of sp³-hybridized carbons (Fsp3) is 0.133. The van der Waals surface area contributed by atoms with E-state index >= 15 is 0 Å². The summed E-state index contributed by atoms with van der Waals surface area (Å²) < 4.78 is 0. The number of nitrogen functional groups attached to an aromatic ring is 1. The first-order valence-corrected chi connectivity index (χ1v) is 6.52. The van der Waals surface area contributed by atoms with Gasteiger partial charge in [-0.1, -0.05) is 6.92 Å². The van der Waals surface area contributed by atoms with E-state index in [0.29, 0.717) is 23.5 Å². The summed E-state index contributed by atoms with van der Waals surface area (Å²) in [6, 6.07) is 10.1. The Labute approximate surface area is 122 Å². The Kier molecular flexibility index (Phi) is 4.50. The number of aromatic nitrogens is 1. The number of hydrogen-bond acceptors (Lipinski definition) is 4. The van der Waals surface area contributed by atoms with Crippen LogP contribution in [0.5, 0.6) is 0 Å². The molecule has 2 aromatic rings. The highest BCUT2D eigenvalue weighted by Crippen LogP contribution is 2.16. The molecule has 6 nitrogen and oxygen atoms in total. The SMILES string of the molecule is CCC(=O)Nc1ccc(NC(=O)c2ncccc2N)cc1. The van der Waals surface area contributed by atoms with Crippen molar-refractivity contribution in [2.45, 2.75) is 13.3 Å². The number of nitrogens with zero attached hydrogens (tertiary/aromatic N) is 1. The van der Waals surface area contributed by atoms with Crippen LogP contribution in [0.25, 0.3) is 0 Å². The lowest BCUT2D eigenvalue weighted by molar-refractivity contribution is -0.115. The monoisotopic (exact) mass is 284 g/mol. The van der Waals surface area contributed by atoms with Crippen molar-refractivity contribution in [1.82, 2.24) is 4.98 Å². The van der Waals surface area contributed by atoms with Gasteiger partial charge in [-0.15, -0.1) is 0 Å². The van der Waals surface area contributed by atoms with Gasteiger partial charge in [0, 0.05) is 24.0 Å². The molecular weight excluding hydrogens is 268 g/mol. The zero-order valence-electron chi connectivity index (χ0n) is 11.6. The van der Waals surface area contributed by atoms with Gasteiger partial charge in [-0.05, 0) is 36.4 Å². The third-order valence-electron chi connectivity index (χ3n) is 2.80. The van der Waals surface area contributed by atoms with Crippen molar-refractivity contribution in [3.05, 3.63) is 48.3 Å². The van der Waals surface area contributed by atoms with Crippen molar-refractivity contribution in [1.29, 1.82) is 0 Å². The number of carbonyl (C=O) groups excluding carboxylic acids is 2. The van der Waals surface area contributed by atoms with Crippen LogP contribution in [0.15, 0.2) is 42.6 Å². The van der Waals surface area contributed by atoms with E-state index in [9.17, 15) is 9.59 Å². The standard InChI is InChI=1S/C15H16N4O2/c1-2-13(20)18-10-5-7-11(8-6-10)19-15(21)14-12(16)4-3-9-17-14/h3-9H,2,16H2,1H3,(H,18,20)(H,19,21). The topological polar surface area (TPSA) is 97.1 Å². The molecule has 0 fully saturated rings. The Morgan fingerprint density at radius 1 is 1.10 bits per heavy atom. The minimum Gasteiger partial charge on any atom is -0.397 e. The van der Waals surface area contributed by atoms with Crippen LogP contribution >= 0.6 is 0 Å². The van der Waals surface area contributed by atoms with Crippen LogP contribution in [0.2, 0.25) is 0 Å². The second kappa shape index (κ2) is 6.51. The molecular formula is C15H16N4O2. The fourth-order valence-corrected chi connectivity index (χ4v) is 1.68. The van der Waals surface area contributed by atoms with Gasteiger partial charge in [0.05, 0.1) is 5.69 Å². The molecule has 6 heteroatoms. The molecule has 0 radical (unpaired) electrons. The summed E-state index contributed by atoms with van der Waals surface area (Å²) in [6.07, 6.45) is 1.92. The first-order chi connectivity index (χ1) is 10.1. The first kappa shape index (κ1) is 14.5. The van der Waals surface area contributed by atoms with Crippen molar-refractivity contribution < 1.29 is 9.59 Å². The van der Waals surface area contributed by atoms with E-state index in [1.165, 1.54) is 6.20 Å². The lowest BCUT2D eigenvalue weighted by Crippen LogP contribution is -2.15. The normalized spacial score (nSPS) is 9.95. The van der Waals surface area contributed by atoms with E-state index in [2.05, 4.69) is 15.6 Å². The Morgan fingerprint density at radius 3 is 2.29 bits per heavy atom. The van der Waals surface area contributed by atoms with Gasteiger partial charge in [0.15, 0.2) is 5.69 Å². The van der Waals surface area contributed by atoms with Gasteiger partial charge in [0.2, 0.25) is 5.91 Å². The molecule has 0 spiro atoms. The van der Waals surface area contributed by atoms with Crippen LogP contribution in [0, 0.1) is 0 Å². The van der Waals surface area contributed by atoms with E-state index < -0.39 is 0 Å². The number of anilines is 3. The Morgan fingerprint density at radius 2 is 1.71 bits per heavy atom. The number of hydrogen-bond donors (Lipinski definition) is 3. The minimum atomic E-state index is -0.376. The minimum absolute atomic E-state index is 0.0620. The van der Waals surface area contributed by atoms with E-state index in [4.69, 9.17) is 5.73 Å². The molecule has 0 saturated heterocycles. The lowest BCUT2D eigenvalue weighted by atomic mass is 10.2. The quantitative estimate of drug-likeness (QED) is 0.802. The molecule has 1 aromatic heterocycles. The molecule has 0 unspecified atom stereocenters. The maximum Gasteiger partial charge on any atom is 0.276 e. The van der Waals surface area contributed by atoms with E-state index in [0.717, 1.165) is 0 Å². The molecule has 1 aromatic carbocycles. The highest BCUT2D eigenvalue weighted by atomic mass is 16.2. The Bertz CT molecular complexity index is 653. The smallest absolute Gasteiger partial charge is 0.276 e. The van der Waals surface area contributed by atoms with Crippen molar-refractivity contribution in [2.24, 2.45) is 0 Å². The first-order valence-electron chi connectivity index (χ1n) is 6.52. The predicted molar refractivity (Wildman–Crippen MR) is 82.0 cm³/mol. The Hall–Kier alpha value is -2.89. The molecule has 4 N–H and O–H groups in total. The van der Waals surface area contributed by atoms with Gasteiger partial charge in [0.25, 0.3) is 5.91 Å². The largest absolute Gasteiger partial charge is 0.397 e. The van der Waals surface area contributed by atoms with Gasteiger partial charge in [0.1, 0.15) is 0 Å². The van der Waals surface area contributed by atoms with Crippen molar-refractivity contribution in [3.63, 3.8) is 0 Å². The van der Waals surface area contributed by atoms with Crippen LogP contribution in [0.4, 0.5) is 17.1 Å². The van der Waals surface area contributed by atoms with E-state index in [1.54, 1.807) is 43.3 Å². The maximum atomic E-state index is 12.0. The third kappa shape index (κ3) is 3.79. The lowest BCUT2D eigenvalue weighted by Gasteiger charge is -2.08. The molecule has 0 saturated carbocycles. The predicted octanol–water partition coefficient (Wildman–Crippen LogP) is 2.26. The van der Waals surface area contributed by atoms with Crippen molar-refractivity contribution in [2.75, 3.05) is 16.4 Å². The number of carbonyl (C=O) groups is 2. The average Bonchev–Trinajstić information content (AvgIpc) is 2.49. The zero-order chi connectivity index (χ0) is 15.2. The van der Waals surface area contributed by atoms with Gasteiger partial charge in [-0.3, -0.25) is 9.59 Å². The summed E-state index contributed by atoms with van der Waals surface area (Å²) in [6.45, 7) is 1.78. The van der Waals surface area contributed by atoms with E-state index in [1.807, 2.05) is 0 Å². The number of nitrogens with one attached hydrogen (secondary N) is 2. The van der Waals surface area contributed by atoms with Gasteiger partial charge in [-0.25, -0.2) is 4.98 Å². The van der Waals surface area contributed by atoms with E-state index in [-0.39, 0.29) is 17.5 Å². The number of amides is 2. The van der Waals surface area contributed by atoms with Crippen LogP contribution in [-0.2, 0) is 4.79 Å². The summed E-state index contributed by atoms with van der Waals surface area (Å²) >= 11 is 0. The second-order valence-corrected chi connectivity index (χ2v) is 4.37. The zero-order valence-corrected chi connectivity index (χ0v) is 11.6. The molecule has 21 heavy (non-hydrogen) atoms. The number of pyridine rings is 1. The summed E-state index contributed by atoms with van der Waals surface area (Å²) in [5.74, 6) is -0.438. The molecule has 2 rings (SSSR count). The molecule has 1 heterocycles. The summed E-state index contributed by atoms with van der Waals surface area (Å²) in [5, 5.41) is 5.43. The fourth-order valence-electron chi connectivity index (χ4n) is 1.68. The Balaban J connectivity index is 2.05. The molecule has 108 valence electrons. The molecule has 0 aliphatic carbocycles. The van der Waals surface area contributed by atoms with Crippen LogP contribution in [0.3, 0.4) is 0 Å². The second-order valence-electron chi connectivity index (χ2n) is 4.37.